The third-order valence-electron chi connectivity index (χ3n) is 2.93. The normalized spacial score (nSPS) is 19.0. The lowest BCUT2D eigenvalue weighted by Crippen LogP contribution is -2.25. The molecular weight excluding hydrogens is 450 g/mol. The highest BCUT2D eigenvalue weighted by Gasteiger charge is 2.34. The van der Waals surface area contributed by atoms with E-state index < -0.39 is 4.92 Å². The van der Waals surface area contributed by atoms with Crippen molar-refractivity contribution in [3.8, 4) is 0 Å². The second-order valence-corrected chi connectivity index (χ2v) is 6.46. The minimum atomic E-state index is -0.484. The quantitative estimate of drug-likeness (QED) is 0.300. The van der Waals surface area contributed by atoms with Crippen LogP contribution in [-0.2, 0) is 4.79 Å². The fraction of sp³-hybridized carbons (Fsp3) is 0.364. The summed E-state index contributed by atoms with van der Waals surface area (Å²) in [6.07, 6.45) is 0.395. The lowest BCUT2D eigenvalue weighted by Gasteiger charge is -2.17. The van der Waals surface area contributed by atoms with E-state index in [1.165, 1.54) is 17.0 Å². The molecule has 1 atom stereocenters. The first-order valence-electron chi connectivity index (χ1n) is 5.43. The van der Waals surface area contributed by atoms with Gasteiger partial charge in [0.15, 0.2) is 0 Å². The number of hydrogen-bond donors (Lipinski definition) is 0. The van der Waals surface area contributed by atoms with E-state index in [0.29, 0.717) is 26.9 Å². The lowest BCUT2D eigenvalue weighted by atomic mass is 10.2. The van der Waals surface area contributed by atoms with Crippen LogP contribution in [0, 0.1) is 19.6 Å². The summed E-state index contributed by atoms with van der Waals surface area (Å²) in [7, 11) is 0. The van der Waals surface area contributed by atoms with E-state index in [0.717, 1.165) is 0 Å². The Bertz CT molecular complexity index is 555. The number of hydrogen-bond acceptors (Lipinski definition) is 3. The van der Waals surface area contributed by atoms with Gasteiger partial charge in [0.2, 0.25) is 5.91 Å². The fourth-order valence-electron chi connectivity index (χ4n) is 2.01. The third kappa shape index (κ3) is 3.03. The number of benzene rings is 1. The van der Waals surface area contributed by atoms with Crippen molar-refractivity contribution in [2.24, 2.45) is 5.92 Å². The van der Waals surface area contributed by atoms with Crippen molar-refractivity contribution in [3.63, 3.8) is 0 Å². The van der Waals surface area contributed by atoms with Gasteiger partial charge in [0.1, 0.15) is 5.69 Å². The molecule has 1 aliphatic heterocycles. The number of anilines is 1. The molecule has 1 aromatic rings. The predicted molar refractivity (Wildman–Crippen MR) is 85.1 cm³/mol. The zero-order valence-corrected chi connectivity index (χ0v) is 14.1. The zero-order valence-electron chi connectivity index (χ0n) is 9.61. The summed E-state index contributed by atoms with van der Waals surface area (Å²) in [4.78, 5) is 24.0. The molecule has 8 heteroatoms. The maximum atomic E-state index is 12.0. The van der Waals surface area contributed by atoms with E-state index in [4.69, 9.17) is 11.6 Å². The average molecular weight is 459 g/mol. The van der Waals surface area contributed by atoms with Gasteiger partial charge in [-0.05, 0) is 34.6 Å². The van der Waals surface area contributed by atoms with Gasteiger partial charge in [-0.15, -0.1) is 0 Å². The summed E-state index contributed by atoms with van der Waals surface area (Å²) < 4.78 is 0.596. The van der Waals surface area contributed by atoms with E-state index in [1.54, 1.807) is 0 Å². The van der Waals surface area contributed by atoms with Gasteiger partial charge in [-0.1, -0.05) is 27.5 Å². The number of halogens is 3. The van der Waals surface area contributed by atoms with Gasteiger partial charge in [-0.3, -0.25) is 14.9 Å². The van der Waals surface area contributed by atoms with Crippen molar-refractivity contribution >= 4 is 67.4 Å². The summed E-state index contributed by atoms with van der Waals surface area (Å²) in [6, 6.07) is 2.89. The molecule has 1 saturated heterocycles. The summed E-state index contributed by atoms with van der Waals surface area (Å²) in [5.74, 6) is 0.0648. The SMILES string of the molecule is O=C1CC(CBr)CN1c1cc(Cl)c(I)cc1[N+](=O)[O-]. The summed E-state index contributed by atoms with van der Waals surface area (Å²) >= 11 is 11.3. The number of alkyl halides is 1. The highest BCUT2D eigenvalue weighted by molar-refractivity contribution is 14.1. The van der Waals surface area contributed by atoms with Gasteiger partial charge in [0.05, 0.1) is 9.95 Å². The molecule has 2 rings (SSSR count). The molecule has 0 spiro atoms. The second-order valence-electron chi connectivity index (χ2n) is 4.24. The van der Waals surface area contributed by atoms with Crippen LogP contribution >= 0.6 is 50.1 Å². The van der Waals surface area contributed by atoms with Crippen molar-refractivity contribution < 1.29 is 9.72 Å². The number of nitro benzene ring substituents is 1. The number of amides is 1. The van der Waals surface area contributed by atoms with E-state index in [1.807, 2.05) is 22.6 Å². The third-order valence-corrected chi connectivity index (χ3v) is 5.37. The van der Waals surface area contributed by atoms with Gasteiger partial charge in [-0.25, -0.2) is 0 Å². The maximum absolute atomic E-state index is 12.0. The highest BCUT2D eigenvalue weighted by Crippen LogP contribution is 2.37. The minimum absolute atomic E-state index is 0.0858. The summed E-state index contributed by atoms with van der Waals surface area (Å²) in [5.41, 5.74) is 0.196. The molecule has 0 radical (unpaired) electrons. The number of rotatable bonds is 3. The molecule has 0 aromatic heterocycles. The molecule has 1 heterocycles. The Morgan fingerprint density at radius 1 is 1.58 bits per heavy atom. The molecule has 1 aromatic carbocycles. The Morgan fingerprint density at radius 3 is 2.79 bits per heavy atom. The van der Waals surface area contributed by atoms with Gasteiger partial charge in [0.25, 0.3) is 5.69 Å². The highest BCUT2D eigenvalue weighted by atomic mass is 127. The molecule has 1 aliphatic rings. The van der Waals surface area contributed by atoms with Gasteiger partial charge >= 0.3 is 0 Å². The Kier molecular flexibility index (Phi) is 4.67. The molecule has 0 bridgehead atoms. The molecule has 0 saturated carbocycles. The molecule has 102 valence electrons. The molecule has 1 unspecified atom stereocenters. The maximum Gasteiger partial charge on any atom is 0.294 e. The Hall–Kier alpha value is -0.410. The van der Waals surface area contributed by atoms with Crippen LogP contribution in [0.5, 0.6) is 0 Å². The number of nitro groups is 1. The first-order valence-corrected chi connectivity index (χ1v) is 8.01. The number of nitrogens with zero attached hydrogens (tertiary/aromatic N) is 2. The van der Waals surface area contributed by atoms with Gasteiger partial charge in [0, 0.05) is 27.9 Å². The van der Waals surface area contributed by atoms with Crippen LogP contribution in [0.3, 0.4) is 0 Å². The largest absolute Gasteiger partial charge is 0.306 e. The molecule has 5 nitrogen and oxygen atoms in total. The standard InChI is InChI=1S/C11H9BrClIN2O3/c12-4-6-1-11(17)15(5-6)9-2-7(13)8(14)3-10(9)16(18)19/h2-3,6H,1,4-5H2. The van der Waals surface area contributed by atoms with Crippen LogP contribution in [0.25, 0.3) is 0 Å². The van der Waals surface area contributed by atoms with Crippen molar-refractivity contribution in [2.45, 2.75) is 6.42 Å². The molecule has 1 amide bonds. The van der Waals surface area contributed by atoms with Crippen LogP contribution in [0.2, 0.25) is 5.02 Å². The van der Waals surface area contributed by atoms with Gasteiger partial charge < -0.3 is 4.90 Å². The summed E-state index contributed by atoms with van der Waals surface area (Å²) in [6.45, 7) is 0.474. The Labute approximate surface area is 136 Å². The molecule has 0 N–H and O–H groups in total. The first kappa shape index (κ1) is 15.0. The lowest BCUT2D eigenvalue weighted by molar-refractivity contribution is -0.384. The fourth-order valence-corrected chi connectivity index (χ4v) is 3.05. The van der Waals surface area contributed by atoms with Gasteiger partial charge in [-0.2, -0.15) is 0 Å². The smallest absolute Gasteiger partial charge is 0.294 e. The van der Waals surface area contributed by atoms with Crippen LogP contribution in [0.1, 0.15) is 6.42 Å². The molecule has 1 fully saturated rings. The Morgan fingerprint density at radius 2 is 2.26 bits per heavy atom. The molecule has 19 heavy (non-hydrogen) atoms. The Balaban J connectivity index is 2.47. The van der Waals surface area contributed by atoms with Crippen molar-refractivity contribution in [1.29, 1.82) is 0 Å². The second kappa shape index (κ2) is 5.92. The van der Waals surface area contributed by atoms with E-state index in [2.05, 4.69) is 15.9 Å². The number of carbonyl (C=O) groups is 1. The van der Waals surface area contributed by atoms with Crippen LogP contribution < -0.4 is 4.90 Å². The van der Waals surface area contributed by atoms with Crippen LogP contribution in [0.4, 0.5) is 11.4 Å². The van der Waals surface area contributed by atoms with Crippen molar-refractivity contribution in [2.75, 3.05) is 16.8 Å². The first-order chi connectivity index (χ1) is 8.93. The minimum Gasteiger partial charge on any atom is -0.306 e. The zero-order chi connectivity index (χ0) is 14.2. The molecular formula is C11H9BrClIN2O3. The average Bonchev–Trinajstić information content (AvgIpc) is 2.73. The van der Waals surface area contributed by atoms with Crippen molar-refractivity contribution in [3.05, 3.63) is 30.8 Å². The predicted octanol–water partition coefficient (Wildman–Crippen LogP) is 3.60. The van der Waals surface area contributed by atoms with Crippen molar-refractivity contribution in [1.82, 2.24) is 0 Å². The summed E-state index contributed by atoms with van der Waals surface area (Å²) in [5, 5.41) is 12.2. The van der Waals surface area contributed by atoms with E-state index >= 15 is 0 Å². The van der Waals surface area contributed by atoms with Crippen LogP contribution in [0.15, 0.2) is 12.1 Å². The van der Waals surface area contributed by atoms with E-state index in [9.17, 15) is 14.9 Å². The topological polar surface area (TPSA) is 63.5 Å². The van der Waals surface area contributed by atoms with Crippen LogP contribution in [-0.4, -0.2) is 22.7 Å². The monoisotopic (exact) mass is 458 g/mol. The molecule has 0 aliphatic carbocycles. The number of carbonyl (C=O) groups excluding carboxylic acids is 1. The van der Waals surface area contributed by atoms with E-state index in [-0.39, 0.29) is 23.2 Å².